The number of nitrogens with zero attached hydrogens (tertiary/aromatic N) is 3. The van der Waals surface area contributed by atoms with Crippen LogP contribution in [0.1, 0.15) is 25.2 Å². The van der Waals surface area contributed by atoms with Crippen LogP contribution in [0.2, 0.25) is 0 Å². The first kappa shape index (κ1) is 13.8. The lowest BCUT2D eigenvalue weighted by molar-refractivity contribution is 0.0238. The fraction of sp³-hybridized carbons (Fsp3) is 0.529. The monoisotopic (exact) mass is 299 g/mol. The number of ether oxygens (including phenoxy) is 1. The van der Waals surface area contributed by atoms with Gasteiger partial charge >= 0.3 is 0 Å². The molecule has 3 fully saturated rings. The number of aryl methyl sites for hydroxylation is 1. The molecule has 2 aromatic rings. The zero-order chi connectivity index (χ0) is 14.9. The first-order chi connectivity index (χ1) is 10.8. The van der Waals surface area contributed by atoms with E-state index >= 15 is 0 Å². The molecule has 3 saturated heterocycles. The molecule has 0 amide bonds. The van der Waals surface area contributed by atoms with E-state index in [0.717, 1.165) is 23.8 Å². The molecule has 2 bridgehead atoms. The van der Waals surface area contributed by atoms with Gasteiger partial charge < -0.3 is 9.26 Å². The second kappa shape index (κ2) is 5.72. The maximum absolute atomic E-state index is 5.99. The standard InChI is InChI=1S/C17H21N3O2/c1-12-18-17(19-22-12)14-2-4-16(5-3-14)21-11-15-10-13-6-8-20(15)9-7-13/h2-5,13,15H,6-11H2,1H3. The van der Waals surface area contributed by atoms with Crippen LogP contribution in [-0.4, -0.2) is 40.8 Å². The van der Waals surface area contributed by atoms with Crippen LogP contribution in [-0.2, 0) is 0 Å². The van der Waals surface area contributed by atoms with E-state index in [2.05, 4.69) is 15.0 Å². The van der Waals surface area contributed by atoms with E-state index in [0.29, 0.717) is 17.8 Å². The van der Waals surface area contributed by atoms with Crippen LogP contribution < -0.4 is 4.74 Å². The molecule has 3 aliphatic heterocycles. The van der Waals surface area contributed by atoms with E-state index in [1.807, 2.05) is 24.3 Å². The van der Waals surface area contributed by atoms with Gasteiger partial charge in [-0.05, 0) is 62.5 Å². The van der Waals surface area contributed by atoms with Crippen molar-refractivity contribution in [3.8, 4) is 17.1 Å². The minimum Gasteiger partial charge on any atom is -0.492 e. The summed E-state index contributed by atoms with van der Waals surface area (Å²) in [6.07, 6.45) is 4.03. The van der Waals surface area contributed by atoms with Crippen LogP contribution in [0, 0.1) is 12.8 Å². The largest absolute Gasteiger partial charge is 0.492 e. The molecular formula is C17H21N3O2. The zero-order valence-corrected chi connectivity index (χ0v) is 12.9. The molecule has 1 atom stereocenters. The molecule has 4 heterocycles. The van der Waals surface area contributed by atoms with Gasteiger partial charge in [0, 0.05) is 18.5 Å². The molecule has 0 spiro atoms. The molecule has 5 rings (SSSR count). The molecule has 22 heavy (non-hydrogen) atoms. The number of piperidine rings is 3. The Labute approximate surface area is 130 Å². The molecule has 0 aliphatic carbocycles. The van der Waals surface area contributed by atoms with E-state index < -0.39 is 0 Å². The third kappa shape index (κ3) is 2.73. The molecule has 1 aromatic carbocycles. The van der Waals surface area contributed by atoms with Gasteiger partial charge in [-0.25, -0.2) is 0 Å². The van der Waals surface area contributed by atoms with Gasteiger partial charge in [0.2, 0.25) is 11.7 Å². The number of hydrogen-bond acceptors (Lipinski definition) is 5. The van der Waals surface area contributed by atoms with Gasteiger partial charge in [0.05, 0.1) is 0 Å². The molecule has 3 aliphatic rings. The minimum atomic E-state index is 0.580. The van der Waals surface area contributed by atoms with Crippen LogP contribution in [0.5, 0.6) is 5.75 Å². The van der Waals surface area contributed by atoms with Gasteiger partial charge in [0.1, 0.15) is 12.4 Å². The topological polar surface area (TPSA) is 51.4 Å². The predicted molar refractivity (Wildman–Crippen MR) is 82.7 cm³/mol. The maximum atomic E-state index is 5.99. The van der Waals surface area contributed by atoms with Gasteiger partial charge in [-0.1, -0.05) is 5.16 Å². The van der Waals surface area contributed by atoms with Crippen molar-refractivity contribution in [2.45, 2.75) is 32.2 Å². The number of hydrogen-bond donors (Lipinski definition) is 0. The summed E-state index contributed by atoms with van der Waals surface area (Å²) >= 11 is 0. The van der Waals surface area contributed by atoms with Crippen molar-refractivity contribution >= 4 is 0 Å². The van der Waals surface area contributed by atoms with E-state index in [-0.39, 0.29) is 0 Å². The highest BCUT2D eigenvalue weighted by atomic mass is 16.5. The summed E-state index contributed by atoms with van der Waals surface area (Å²) in [5.74, 6) is 3.03. The summed E-state index contributed by atoms with van der Waals surface area (Å²) in [7, 11) is 0. The SMILES string of the molecule is Cc1nc(-c2ccc(OCC3CC4CCN3CC4)cc2)no1. The molecule has 5 nitrogen and oxygen atoms in total. The summed E-state index contributed by atoms with van der Waals surface area (Å²) < 4.78 is 11.0. The lowest BCUT2D eigenvalue weighted by atomic mass is 9.83. The number of benzene rings is 1. The molecule has 116 valence electrons. The Morgan fingerprint density at radius 1 is 1.23 bits per heavy atom. The lowest BCUT2D eigenvalue weighted by Crippen LogP contribution is -2.51. The molecular weight excluding hydrogens is 278 g/mol. The summed E-state index contributed by atoms with van der Waals surface area (Å²) in [6.45, 7) is 5.07. The highest BCUT2D eigenvalue weighted by Gasteiger charge is 2.33. The van der Waals surface area contributed by atoms with Crippen LogP contribution in [0.15, 0.2) is 28.8 Å². The van der Waals surface area contributed by atoms with Crippen LogP contribution in [0.25, 0.3) is 11.4 Å². The van der Waals surface area contributed by atoms with Gasteiger partial charge in [-0.2, -0.15) is 4.98 Å². The van der Waals surface area contributed by atoms with Crippen LogP contribution >= 0.6 is 0 Å². The number of rotatable bonds is 4. The van der Waals surface area contributed by atoms with Crippen molar-refractivity contribution in [3.05, 3.63) is 30.2 Å². The summed E-state index contributed by atoms with van der Waals surface area (Å²) in [5, 5.41) is 3.93. The van der Waals surface area contributed by atoms with Gasteiger partial charge in [0.15, 0.2) is 0 Å². The second-order valence-electron chi connectivity index (χ2n) is 6.34. The van der Waals surface area contributed by atoms with Gasteiger partial charge in [0.25, 0.3) is 0 Å². The van der Waals surface area contributed by atoms with Crippen molar-refractivity contribution in [1.29, 1.82) is 0 Å². The van der Waals surface area contributed by atoms with Crippen LogP contribution in [0.4, 0.5) is 0 Å². The van der Waals surface area contributed by atoms with Crippen molar-refractivity contribution in [1.82, 2.24) is 15.0 Å². The van der Waals surface area contributed by atoms with Crippen LogP contribution in [0.3, 0.4) is 0 Å². The Morgan fingerprint density at radius 3 is 2.59 bits per heavy atom. The molecule has 1 aromatic heterocycles. The summed E-state index contributed by atoms with van der Waals surface area (Å²) in [6, 6.07) is 8.52. The minimum absolute atomic E-state index is 0.580. The van der Waals surface area contributed by atoms with E-state index in [1.54, 1.807) is 6.92 Å². The van der Waals surface area contributed by atoms with E-state index in [9.17, 15) is 0 Å². The highest BCUT2D eigenvalue weighted by molar-refractivity contribution is 5.55. The Bertz CT molecular complexity index is 630. The quantitative estimate of drug-likeness (QED) is 0.869. The van der Waals surface area contributed by atoms with Gasteiger partial charge in [-0.15, -0.1) is 0 Å². The molecule has 0 radical (unpaired) electrons. The average molecular weight is 299 g/mol. The van der Waals surface area contributed by atoms with E-state index in [1.165, 1.54) is 32.4 Å². The Kier molecular flexibility index (Phi) is 3.58. The molecule has 0 N–H and O–H groups in total. The fourth-order valence-electron chi connectivity index (χ4n) is 3.57. The third-order valence-corrected chi connectivity index (χ3v) is 4.85. The van der Waals surface area contributed by atoms with Crippen molar-refractivity contribution in [2.75, 3.05) is 19.7 Å². The Balaban J connectivity index is 1.37. The maximum Gasteiger partial charge on any atom is 0.223 e. The molecule has 0 saturated carbocycles. The van der Waals surface area contributed by atoms with Crippen molar-refractivity contribution in [2.24, 2.45) is 5.92 Å². The van der Waals surface area contributed by atoms with Crippen molar-refractivity contribution < 1.29 is 9.26 Å². The molecule has 1 unspecified atom stereocenters. The fourth-order valence-corrected chi connectivity index (χ4v) is 3.57. The number of aromatic nitrogens is 2. The molecule has 5 heteroatoms. The van der Waals surface area contributed by atoms with E-state index in [4.69, 9.17) is 9.26 Å². The second-order valence-corrected chi connectivity index (χ2v) is 6.34. The lowest BCUT2D eigenvalue weighted by Gasteiger charge is -2.45. The number of fused-ring (bicyclic) bond motifs is 3. The first-order valence-electron chi connectivity index (χ1n) is 8.05. The highest BCUT2D eigenvalue weighted by Crippen LogP contribution is 2.32. The predicted octanol–water partition coefficient (Wildman–Crippen LogP) is 2.91. The third-order valence-electron chi connectivity index (χ3n) is 4.85. The smallest absolute Gasteiger partial charge is 0.223 e. The first-order valence-corrected chi connectivity index (χ1v) is 8.05. The Morgan fingerprint density at radius 2 is 2.00 bits per heavy atom. The average Bonchev–Trinajstić information content (AvgIpc) is 3.01. The van der Waals surface area contributed by atoms with Gasteiger partial charge in [-0.3, -0.25) is 4.90 Å². The van der Waals surface area contributed by atoms with Crippen molar-refractivity contribution in [3.63, 3.8) is 0 Å². The zero-order valence-electron chi connectivity index (χ0n) is 12.9. The normalized spacial score (nSPS) is 27.0. The summed E-state index contributed by atoms with van der Waals surface area (Å²) in [5.41, 5.74) is 0.949. The summed E-state index contributed by atoms with van der Waals surface area (Å²) in [4.78, 5) is 6.81. The Hall–Kier alpha value is -1.88.